The van der Waals surface area contributed by atoms with Crippen molar-refractivity contribution in [3.05, 3.63) is 47.3 Å². The van der Waals surface area contributed by atoms with Gasteiger partial charge in [-0.15, -0.1) is 0 Å². The molecule has 1 N–H and O–H groups in total. The number of likely N-dealkylation sites (tertiary alicyclic amines) is 1. The SMILES string of the molecule is Cc1noc(C)c1S(=O)(=O)NC1CCN(C(=O)CCc2ccccc2)CC1. The van der Waals surface area contributed by atoms with E-state index in [2.05, 4.69) is 9.88 Å². The summed E-state index contributed by atoms with van der Waals surface area (Å²) < 4.78 is 32.9. The first-order valence-electron chi connectivity index (χ1n) is 9.14. The highest BCUT2D eigenvalue weighted by Crippen LogP contribution is 2.21. The predicted octanol–water partition coefficient (Wildman–Crippen LogP) is 2.19. The van der Waals surface area contributed by atoms with Crippen molar-refractivity contribution in [2.75, 3.05) is 13.1 Å². The highest BCUT2D eigenvalue weighted by molar-refractivity contribution is 7.89. The molecule has 1 amide bonds. The summed E-state index contributed by atoms with van der Waals surface area (Å²) in [5.41, 5.74) is 1.50. The molecule has 0 saturated carbocycles. The zero-order chi connectivity index (χ0) is 19.4. The number of hydrogen-bond donors (Lipinski definition) is 1. The first-order valence-corrected chi connectivity index (χ1v) is 10.6. The minimum atomic E-state index is -3.67. The lowest BCUT2D eigenvalue weighted by atomic mass is 10.0. The smallest absolute Gasteiger partial charge is 0.246 e. The molecule has 2 aromatic rings. The second kappa shape index (κ2) is 8.22. The molecule has 146 valence electrons. The van der Waals surface area contributed by atoms with Crippen molar-refractivity contribution in [2.45, 2.75) is 50.5 Å². The summed E-state index contributed by atoms with van der Waals surface area (Å²) in [4.78, 5) is 14.3. The van der Waals surface area contributed by atoms with Crippen LogP contribution in [0.25, 0.3) is 0 Å². The van der Waals surface area contributed by atoms with Crippen LogP contribution in [-0.4, -0.2) is 43.5 Å². The molecule has 27 heavy (non-hydrogen) atoms. The Labute approximate surface area is 159 Å². The van der Waals surface area contributed by atoms with E-state index in [1.54, 1.807) is 13.8 Å². The van der Waals surface area contributed by atoms with E-state index in [-0.39, 0.29) is 22.6 Å². The molecule has 0 atom stereocenters. The van der Waals surface area contributed by atoms with Crippen LogP contribution in [-0.2, 0) is 21.2 Å². The van der Waals surface area contributed by atoms with Crippen LogP contribution in [0.4, 0.5) is 0 Å². The second-order valence-electron chi connectivity index (χ2n) is 6.92. The Hall–Kier alpha value is -2.19. The molecule has 0 bridgehead atoms. The number of aryl methyl sites for hydroxylation is 3. The molecule has 3 rings (SSSR count). The molecular weight excluding hydrogens is 366 g/mol. The van der Waals surface area contributed by atoms with Crippen molar-refractivity contribution >= 4 is 15.9 Å². The van der Waals surface area contributed by atoms with Gasteiger partial charge in [-0.1, -0.05) is 35.5 Å². The Kier molecular flexibility index (Phi) is 5.96. The molecule has 1 aliphatic rings. The van der Waals surface area contributed by atoms with Crippen molar-refractivity contribution < 1.29 is 17.7 Å². The highest BCUT2D eigenvalue weighted by Gasteiger charge is 2.30. The maximum absolute atomic E-state index is 12.6. The number of nitrogens with one attached hydrogen (secondary N) is 1. The number of amides is 1. The standard InChI is InChI=1S/C19H25N3O4S/c1-14-19(15(2)26-20-14)27(24,25)21-17-10-12-22(13-11-17)18(23)9-8-16-6-4-3-5-7-16/h3-7,17,21H,8-13H2,1-2H3. The third-order valence-corrected chi connectivity index (χ3v) is 6.64. The van der Waals surface area contributed by atoms with Crippen LogP contribution in [0.15, 0.2) is 39.8 Å². The van der Waals surface area contributed by atoms with Crippen molar-refractivity contribution in [1.29, 1.82) is 0 Å². The summed E-state index contributed by atoms with van der Waals surface area (Å²) in [6.45, 7) is 4.31. The molecule has 0 unspecified atom stereocenters. The number of sulfonamides is 1. The number of nitrogens with zero attached hydrogens (tertiary/aromatic N) is 2. The summed E-state index contributed by atoms with van der Waals surface area (Å²) in [5, 5.41) is 3.71. The lowest BCUT2D eigenvalue weighted by molar-refractivity contribution is -0.132. The maximum Gasteiger partial charge on any atom is 0.246 e. The largest absolute Gasteiger partial charge is 0.360 e. The minimum absolute atomic E-state index is 0.115. The predicted molar refractivity (Wildman–Crippen MR) is 101 cm³/mol. The fraction of sp³-hybridized carbons (Fsp3) is 0.474. The van der Waals surface area contributed by atoms with Gasteiger partial charge in [0.25, 0.3) is 0 Å². The lowest BCUT2D eigenvalue weighted by Crippen LogP contribution is -2.46. The zero-order valence-electron chi connectivity index (χ0n) is 15.6. The van der Waals surface area contributed by atoms with Crippen molar-refractivity contribution in [3.8, 4) is 0 Å². The molecule has 1 aromatic heterocycles. The molecule has 2 heterocycles. The number of aromatic nitrogens is 1. The van der Waals surface area contributed by atoms with Gasteiger partial charge in [-0.25, -0.2) is 13.1 Å². The monoisotopic (exact) mass is 391 g/mol. The number of rotatable bonds is 6. The van der Waals surface area contributed by atoms with Gasteiger partial charge >= 0.3 is 0 Å². The molecule has 1 aromatic carbocycles. The van der Waals surface area contributed by atoms with E-state index in [9.17, 15) is 13.2 Å². The van der Waals surface area contributed by atoms with E-state index in [4.69, 9.17) is 4.52 Å². The molecule has 0 aliphatic carbocycles. The highest BCUT2D eigenvalue weighted by atomic mass is 32.2. The summed E-state index contributed by atoms with van der Waals surface area (Å²) >= 11 is 0. The van der Waals surface area contributed by atoms with Gasteiger partial charge < -0.3 is 9.42 Å². The molecular formula is C19H25N3O4S. The Morgan fingerprint density at radius 3 is 2.48 bits per heavy atom. The fourth-order valence-corrected chi connectivity index (χ4v) is 5.07. The third-order valence-electron chi connectivity index (χ3n) is 4.88. The van der Waals surface area contributed by atoms with Crippen molar-refractivity contribution in [3.63, 3.8) is 0 Å². The van der Waals surface area contributed by atoms with E-state index in [1.165, 1.54) is 0 Å². The Morgan fingerprint density at radius 1 is 1.22 bits per heavy atom. The molecule has 7 nitrogen and oxygen atoms in total. The summed E-state index contributed by atoms with van der Waals surface area (Å²) in [7, 11) is -3.67. The van der Waals surface area contributed by atoms with E-state index in [0.29, 0.717) is 38.0 Å². The number of piperidine rings is 1. The van der Waals surface area contributed by atoms with Gasteiger partial charge in [0.15, 0.2) is 5.76 Å². The van der Waals surface area contributed by atoms with E-state index in [1.807, 2.05) is 35.2 Å². The number of benzene rings is 1. The normalized spacial score (nSPS) is 15.9. The van der Waals surface area contributed by atoms with E-state index >= 15 is 0 Å². The van der Waals surface area contributed by atoms with Gasteiger partial charge in [0.2, 0.25) is 15.9 Å². The van der Waals surface area contributed by atoms with E-state index in [0.717, 1.165) is 12.0 Å². The van der Waals surface area contributed by atoms with Gasteiger partial charge in [0.05, 0.1) is 0 Å². The van der Waals surface area contributed by atoms with Crippen LogP contribution < -0.4 is 4.72 Å². The number of hydrogen-bond acceptors (Lipinski definition) is 5. The molecule has 8 heteroatoms. The average molecular weight is 391 g/mol. The third kappa shape index (κ3) is 4.75. The number of carbonyl (C=O) groups excluding carboxylic acids is 1. The zero-order valence-corrected chi connectivity index (χ0v) is 16.5. The molecule has 1 saturated heterocycles. The van der Waals surface area contributed by atoms with Gasteiger partial charge in [0.1, 0.15) is 10.6 Å². The lowest BCUT2D eigenvalue weighted by Gasteiger charge is -2.32. The second-order valence-corrected chi connectivity index (χ2v) is 8.57. The minimum Gasteiger partial charge on any atom is -0.360 e. The topological polar surface area (TPSA) is 92.5 Å². The first-order chi connectivity index (χ1) is 12.9. The molecule has 1 fully saturated rings. The van der Waals surface area contributed by atoms with Gasteiger partial charge in [-0.3, -0.25) is 4.79 Å². The van der Waals surface area contributed by atoms with Gasteiger partial charge in [-0.05, 0) is 38.7 Å². The maximum atomic E-state index is 12.6. The summed E-state index contributed by atoms with van der Waals surface area (Å²) in [6.07, 6.45) is 2.39. The van der Waals surface area contributed by atoms with Gasteiger partial charge in [0, 0.05) is 25.6 Å². The van der Waals surface area contributed by atoms with Crippen molar-refractivity contribution in [2.24, 2.45) is 0 Å². The van der Waals surface area contributed by atoms with Crippen LogP contribution in [0.5, 0.6) is 0 Å². The molecule has 0 radical (unpaired) electrons. The van der Waals surface area contributed by atoms with Crippen LogP contribution in [0.3, 0.4) is 0 Å². The quantitative estimate of drug-likeness (QED) is 0.815. The number of carbonyl (C=O) groups is 1. The van der Waals surface area contributed by atoms with Crippen LogP contribution in [0, 0.1) is 13.8 Å². The van der Waals surface area contributed by atoms with Crippen LogP contribution >= 0.6 is 0 Å². The Bertz CT molecular complexity index is 865. The van der Waals surface area contributed by atoms with Gasteiger partial charge in [-0.2, -0.15) is 0 Å². The Morgan fingerprint density at radius 2 is 1.89 bits per heavy atom. The van der Waals surface area contributed by atoms with Crippen molar-refractivity contribution in [1.82, 2.24) is 14.8 Å². The average Bonchev–Trinajstić information content (AvgIpc) is 3.00. The van der Waals surface area contributed by atoms with E-state index < -0.39 is 10.0 Å². The summed E-state index contributed by atoms with van der Waals surface area (Å²) in [6, 6.07) is 9.74. The molecule has 0 spiro atoms. The first kappa shape index (κ1) is 19.6. The molecule has 1 aliphatic heterocycles. The van der Waals surface area contributed by atoms with Crippen LogP contribution in [0.2, 0.25) is 0 Å². The summed E-state index contributed by atoms with van der Waals surface area (Å²) in [5.74, 6) is 0.402. The van der Waals surface area contributed by atoms with Crippen LogP contribution in [0.1, 0.15) is 36.3 Å². The Balaban J connectivity index is 1.51. The fourth-order valence-electron chi connectivity index (χ4n) is 3.44.